The molecule has 0 unspecified atom stereocenters. The molecule has 7 nitrogen and oxygen atoms in total. The predicted octanol–water partition coefficient (Wildman–Crippen LogP) is 5.50. The summed E-state index contributed by atoms with van der Waals surface area (Å²) in [6.45, 7) is 9.95. The molecule has 0 fully saturated rings. The summed E-state index contributed by atoms with van der Waals surface area (Å²) in [5.74, 6) is 6.53. The number of aromatic amines is 1. The van der Waals surface area contributed by atoms with E-state index in [9.17, 15) is 13.2 Å². The standard InChI is InChI=1S/C20H23ClN2O2.C7H8O3S/c1-5-6-7-8-14-9-11-15(12-10-14)13-25-17-16(21)19(24)23-22-18(17)20(2,3)4;1-6-4-2-3-5-7(6)11(8,9)10/h9-12H,5,8,13H2,1-4H3,(H,23,24);2-5H,1H3,(H,8,9,10). The van der Waals surface area contributed by atoms with Crippen LogP contribution in [0.4, 0.5) is 0 Å². The lowest BCUT2D eigenvalue weighted by molar-refractivity contribution is 0.293. The predicted molar refractivity (Wildman–Crippen MR) is 142 cm³/mol. The Morgan fingerprint density at radius 2 is 1.67 bits per heavy atom. The largest absolute Gasteiger partial charge is 0.485 e. The van der Waals surface area contributed by atoms with Crippen molar-refractivity contribution in [1.29, 1.82) is 0 Å². The number of aromatic nitrogens is 2. The molecule has 0 aliphatic rings. The van der Waals surface area contributed by atoms with E-state index in [0.717, 1.165) is 24.0 Å². The van der Waals surface area contributed by atoms with Gasteiger partial charge >= 0.3 is 0 Å². The lowest BCUT2D eigenvalue weighted by Crippen LogP contribution is -2.22. The second-order valence-corrected chi connectivity index (χ2v) is 10.8. The summed E-state index contributed by atoms with van der Waals surface area (Å²) < 4.78 is 35.7. The zero-order valence-corrected chi connectivity index (χ0v) is 22.6. The second-order valence-electron chi connectivity index (χ2n) is 9.02. The quantitative estimate of drug-likeness (QED) is 0.333. The van der Waals surface area contributed by atoms with Gasteiger partial charge in [0.25, 0.3) is 15.7 Å². The topological polar surface area (TPSA) is 109 Å². The highest BCUT2D eigenvalue weighted by atomic mass is 35.5. The number of nitrogens with zero attached hydrogens (tertiary/aromatic N) is 1. The number of aryl methyl sites for hydroxylation is 1. The summed E-state index contributed by atoms with van der Waals surface area (Å²) in [5, 5.41) is 6.56. The van der Waals surface area contributed by atoms with Gasteiger partial charge in [-0.05, 0) is 29.7 Å². The number of halogens is 1. The third-order valence-corrected chi connectivity index (χ3v) is 6.32. The van der Waals surface area contributed by atoms with Crippen LogP contribution in [0.1, 0.15) is 56.5 Å². The summed E-state index contributed by atoms with van der Waals surface area (Å²) in [6, 6.07) is 14.3. The molecule has 192 valence electrons. The molecule has 0 aliphatic carbocycles. The van der Waals surface area contributed by atoms with Crippen molar-refractivity contribution in [2.75, 3.05) is 0 Å². The first kappa shape index (κ1) is 29.1. The summed E-state index contributed by atoms with van der Waals surface area (Å²) in [6.07, 6.45) is 1.61. The van der Waals surface area contributed by atoms with Gasteiger partial charge in [0.05, 0.1) is 4.90 Å². The average molecular weight is 531 g/mol. The molecule has 3 rings (SSSR count). The van der Waals surface area contributed by atoms with Gasteiger partial charge in [0.2, 0.25) is 0 Å². The van der Waals surface area contributed by atoms with Crippen LogP contribution in [0.2, 0.25) is 5.02 Å². The van der Waals surface area contributed by atoms with Crippen LogP contribution in [-0.2, 0) is 28.6 Å². The summed E-state index contributed by atoms with van der Waals surface area (Å²) in [5.41, 5.74) is 2.58. The molecule has 0 radical (unpaired) electrons. The molecule has 0 aliphatic heterocycles. The van der Waals surface area contributed by atoms with Gasteiger partial charge in [0.15, 0.2) is 10.8 Å². The van der Waals surface area contributed by atoms with E-state index in [2.05, 4.69) is 22.0 Å². The van der Waals surface area contributed by atoms with Crippen LogP contribution in [0.5, 0.6) is 5.75 Å². The maximum absolute atomic E-state index is 11.8. The van der Waals surface area contributed by atoms with E-state index in [0.29, 0.717) is 23.6 Å². The fraction of sp³-hybridized carbons (Fsp3) is 0.333. The molecule has 36 heavy (non-hydrogen) atoms. The Hall–Kier alpha value is -3.12. The summed E-state index contributed by atoms with van der Waals surface area (Å²) >= 11 is 6.14. The van der Waals surface area contributed by atoms with Crippen LogP contribution < -0.4 is 10.3 Å². The van der Waals surface area contributed by atoms with E-state index in [1.165, 1.54) is 6.07 Å². The first-order valence-corrected chi connectivity index (χ1v) is 13.1. The Labute approximate surface area is 217 Å². The zero-order chi connectivity index (χ0) is 26.9. The Morgan fingerprint density at radius 3 is 2.19 bits per heavy atom. The molecule has 0 saturated carbocycles. The van der Waals surface area contributed by atoms with E-state index in [1.54, 1.807) is 25.1 Å². The number of H-pyrrole nitrogens is 1. The highest BCUT2D eigenvalue weighted by molar-refractivity contribution is 7.85. The van der Waals surface area contributed by atoms with Crippen molar-refractivity contribution in [3.05, 3.63) is 86.3 Å². The number of hydrogen-bond acceptors (Lipinski definition) is 5. The van der Waals surface area contributed by atoms with Crippen LogP contribution in [0.25, 0.3) is 0 Å². The maximum atomic E-state index is 11.8. The molecule has 0 spiro atoms. The normalized spacial score (nSPS) is 11.1. The van der Waals surface area contributed by atoms with Crippen molar-refractivity contribution in [1.82, 2.24) is 10.2 Å². The van der Waals surface area contributed by atoms with Gasteiger partial charge in [-0.15, -0.1) is 5.92 Å². The van der Waals surface area contributed by atoms with E-state index in [4.69, 9.17) is 20.9 Å². The van der Waals surface area contributed by atoms with E-state index in [-0.39, 0.29) is 15.3 Å². The van der Waals surface area contributed by atoms with Crippen LogP contribution in [0.3, 0.4) is 0 Å². The maximum Gasteiger partial charge on any atom is 0.294 e. The zero-order valence-electron chi connectivity index (χ0n) is 21.1. The molecule has 0 saturated heterocycles. The molecule has 0 atom stereocenters. The molecule has 1 aromatic heterocycles. The van der Waals surface area contributed by atoms with Crippen molar-refractivity contribution in [2.24, 2.45) is 0 Å². The van der Waals surface area contributed by atoms with Gasteiger partial charge in [-0.3, -0.25) is 9.35 Å². The van der Waals surface area contributed by atoms with Crippen LogP contribution in [-0.4, -0.2) is 23.2 Å². The lowest BCUT2D eigenvalue weighted by atomic mass is 9.91. The Kier molecular flexibility index (Phi) is 10.3. The van der Waals surface area contributed by atoms with Crippen LogP contribution in [0, 0.1) is 18.8 Å². The van der Waals surface area contributed by atoms with Crippen molar-refractivity contribution >= 4 is 21.7 Å². The third-order valence-electron chi connectivity index (χ3n) is 4.97. The molecular formula is C27H31ClN2O5S. The van der Waals surface area contributed by atoms with Crippen molar-refractivity contribution in [3.63, 3.8) is 0 Å². The number of nitrogens with one attached hydrogen (secondary N) is 1. The number of ether oxygens (including phenoxy) is 1. The van der Waals surface area contributed by atoms with Gasteiger partial charge in [-0.1, -0.05) is 87.7 Å². The summed E-state index contributed by atoms with van der Waals surface area (Å²) in [7, 11) is -4.03. The SMILES string of the molecule is CCC#CCc1ccc(COc2c(C(C)(C)C)n[nH]c(=O)c2Cl)cc1.Cc1ccccc1S(=O)(=O)O. The lowest BCUT2D eigenvalue weighted by Gasteiger charge is -2.21. The van der Waals surface area contributed by atoms with E-state index < -0.39 is 15.7 Å². The summed E-state index contributed by atoms with van der Waals surface area (Å²) in [4.78, 5) is 11.7. The molecule has 9 heteroatoms. The number of hydrogen-bond donors (Lipinski definition) is 2. The van der Waals surface area contributed by atoms with E-state index >= 15 is 0 Å². The first-order chi connectivity index (χ1) is 16.8. The second kappa shape index (κ2) is 12.7. The minimum atomic E-state index is -4.03. The van der Waals surface area contributed by atoms with Crippen LogP contribution >= 0.6 is 11.6 Å². The van der Waals surface area contributed by atoms with E-state index in [1.807, 2.05) is 52.0 Å². The highest BCUT2D eigenvalue weighted by Crippen LogP contribution is 2.33. The molecule has 2 aromatic carbocycles. The monoisotopic (exact) mass is 530 g/mol. The Bertz CT molecular complexity index is 1400. The fourth-order valence-corrected chi connectivity index (χ4v) is 4.01. The average Bonchev–Trinajstić information content (AvgIpc) is 2.80. The van der Waals surface area contributed by atoms with Gasteiger partial charge in [-0.25, -0.2) is 5.10 Å². The van der Waals surface area contributed by atoms with Gasteiger partial charge in [-0.2, -0.15) is 13.5 Å². The highest BCUT2D eigenvalue weighted by Gasteiger charge is 2.25. The van der Waals surface area contributed by atoms with Gasteiger partial charge in [0.1, 0.15) is 12.3 Å². The first-order valence-electron chi connectivity index (χ1n) is 11.3. The fourth-order valence-electron chi connectivity index (χ4n) is 3.10. The molecule has 0 amide bonds. The molecule has 2 N–H and O–H groups in total. The molecule has 3 aromatic rings. The van der Waals surface area contributed by atoms with Crippen molar-refractivity contribution in [3.8, 4) is 17.6 Å². The van der Waals surface area contributed by atoms with Crippen molar-refractivity contribution in [2.45, 2.75) is 64.4 Å². The molecule has 1 heterocycles. The van der Waals surface area contributed by atoms with Gasteiger partial charge in [0, 0.05) is 18.3 Å². The number of benzene rings is 2. The van der Waals surface area contributed by atoms with Gasteiger partial charge < -0.3 is 4.74 Å². The number of rotatable bonds is 5. The minimum absolute atomic E-state index is 0.0278. The van der Waals surface area contributed by atoms with Crippen molar-refractivity contribution < 1.29 is 17.7 Å². The smallest absolute Gasteiger partial charge is 0.294 e. The molecular weight excluding hydrogens is 500 g/mol. The Balaban J connectivity index is 0.000000346. The van der Waals surface area contributed by atoms with Crippen LogP contribution in [0.15, 0.2) is 58.2 Å². The molecule has 0 bridgehead atoms. The third kappa shape index (κ3) is 8.52. The minimum Gasteiger partial charge on any atom is -0.485 e. The Morgan fingerprint density at radius 1 is 1.06 bits per heavy atom.